The van der Waals surface area contributed by atoms with Crippen LogP contribution in [0.25, 0.3) is 45.9 Å². The summed E-state index contributed by atoms with van der Waals surface area (Å²) in [6, 6.07) is 25.0. The van der Waals surface area contributed by atoms with Gasteiger partial charge in [-0.3, -0.25) is 0 Å². The third kappa shape index (κ3) is 4.03. The maximum absolute atomic E-state index is 4.89. The van der Waals surface area contributed by atoms with Crippen molar-refractivity contribution in [2.75, 3.05) is 0 Å². The molecule has 0 radical (unpaired) electrons. The maximum atomic E-state index is 4.89. The number of halogens is 1. The first-order chi connectivity index (χ1) is 14.6. The van der Waals surface area contributed by atoms with Gasteiger partial charge in [0.25, 0.3) is 0 Å². The minimum Gasteiger partial charge on any atom is -0.228 e. The second kappa shape index (κ2) is 8.60. The van der Waals surface area contributed by atoms with Crippen LogP contribution in [0.2, 0.25) is 0 Å². The Morgan fingerprint density at radius 3 is 1.77 bits per heavy atom. The molecule has 0 aliphatic rings. The molecule has 0 bridgehead atoms. The normalized spacial score (nSPS) is 10.6. The predicted molar refractivity (Wildman–Crippen MR) is 131 cm³/mol. The average molecular weight is 453 g/mol. The highest BCUT2D eigenvalue weighted by Gasteiger charge is 2.14. The van der Waals surface area contributed by atoms with Crippen molar-refractivity contribution in [1.29, 1.82) is 0 Å². The highest BCUT2D eigenvalue weighted by atomic mass is 79.9. The fraction of sp³-hybridized carbons (Fsp3) is 0.0370. The molecule has 0 N–H and O–H groups in total. The molecule has 0 saturated heterocycles. The molecule has 3 aromatic carbocycles. The van der Waals surface area contributed by atoms with E-state index in [9.17, 15) is 0 Å². The lowest BCUT2D eigenvalue weighted by Gasteiger charge is -2.12. The minimum absolute atomic E-state index is 0.667. The number of hydrogen-bond donors (Lipinski definition) is 0. The molecule has 1 aromatic heterocycles. The summed E-state index contributed by atoms with van der Waals surface area (Å²) in [5.41, 5.74) is 8.10. The number of hydrogen-bond acceptors (Lipinski definition) is 2. The van der Waals surface area contributed by atoms with Gasteiger partial charge in [-0.15, -0.1) is 0 Å². The highest BCUT2D eigenvalue weighted by molar-refractivity contribution is 9.10. The van der Waals surface area contributed by atoms with Crippen molar-refractivity contribution < 1.29 is 0 Å². The van der Waals surface area contributed by atoms with Gasteiger partial charge >= 0.3 is 0 Å². The van der Waals surface area contributed by atoms with Gasteiger partial charge in [0, 0.05) is 21.2 Å². The molecule has 0 fully saturated rings. The third-order valence-corrected chi connectivity index (χ3v) is 5.55. The Balaban J connectivity index is 1.81. The van der Waals surface area contributed by atoms with Gasteiger partial charge in [0.1, 0.15) is 0 Å². The van der Waals surface area contributed by atoms with Crippen LogP contribution < -0.4 is 0 Å². The van der Waals surface area contributed by atoms with E-state index in [2.05, 4.69) is 84.5 Å². The van der Waals surface area contributed by atoms with E-state index >= 15 is 0 Å². The van der Waals surface area contributed by atoms with Gasteiger partial charge in [-0.05, 0) is 36.3 Å². The summed E-state index contributed by atoms with van der Waals surface area (Å²) < 4.78 is 1.02. The van der Waals surface area contributed by atoms with Crippen molar-refractivity contribution in [1.82, 2.24) is 9.97 Å². The smallest absolute Gasteiger partial charge is 0.160 e. The van der Waals surface area contributed by atoms with E-state index in [1.54, 1.807) is 12.2 Å². The molecular weight excluding hydrogens is 432 g/mol. The summed E-state index contributed by atoms with van der Waals surface area (Å²) >= 11 is 3.48. The van der Waals surface area contributed by atoms with E-state index < -0.39 is 0 Å². The van der Waals surface area contributed by atoms with Gasteiger partial charge in [0.05, 0.1) is 11.4 Å². The van der Waals surface area contributed by atoms with Crippen molar-refractivity contribution in [2.45, 2.75) is 6.92 Å². The standard InChI is InChI=1S/C27H21BrN2/c1-4-24-25(5-2)29-27(22-14-16-23(28)17-15-22)30-26(24)21-12-10-20(11-13-21)19-8-6-18(3)7-9-19/h4-17H,1-2H2,3H3. The number of rotatable bonds is 5. The molecule has 0 aliphatic carbocycles. The molecule has 0 saturated carbocycles. The van der Waals surface area contributed by atoms with Crippen LogP contribution in [0.5, 0.6) is 0 Å². The number of aryl methyl sites for hydroxylation is 1. The van der Waals surface area contributed by atoms with Crippen molar-refractivity contribution >= 4 is 28.1 Å². The lowest BCUT2D eigenvalue weighted by atomic mass is 9.99. The van der Waals surface area contributed by atoms with Gasteiger partial charge in [0.2, 0.25) is 0 Å². The van der Waals surface area contributed by atoms with Crippen LogP contribution >= 0.6 is 15.9 Å². The second-order valence-electron chi connectivity index (χ2n) is 7.05. The molecule has 30 heavy (non-hydrogen) atoms. The SMILES string of the molecule is C=Cc1nc(-c2ccc(Br)cc2)nc(-c2ccc(-c3ccc(C)cc3)cc2)c1C=C. The van der Waals surface area contributed by atoms with E-state index in [-0.39, 0.29) is 0 Å². The number of benzene rings is 3. The van der Waals surface area contributed by atoms with Crippen LogP contribution in [0.15, 0.2) is 90.4 Å². The molecule has 4 aromatic rings. The van der Waals surface area contributed by atoms with E-state index in [4.69, 9.17) is 9.97 Å². The molecule has 0 spiro atoms. The van der Waals surface area contributed by atoms with E-state index in [0.29, 0.717) is 5.82 Å². The third-order valence-electron chi connectivity index (χ3n) is 5.02. The largest absolute Gasteiger partial charge is 0.228 e. The van der Waals surface area contributed by atoms with E-state index in [1.807, 2.05) is 24.3 Å². The first-order valence-corrected chi connectivity index (χ1v) is 10.5. The summed E-state index contributed by atoms with van der Waals surface area (Å²) in [7, 11) is 0. The monoisotopic (exact) mass is 452 g/mol. The Labute approximate surface area is 185 Å². The molecule has 1 heterocycles. The summed E-state index contributed by atoms with van der Waals surface area (Å²) in [6.07, 6.45) is 3.55. The summed E-state index contributed by atoms with van der Waals surface area (Å²) in [5.74, 6) is 0.667. The second-order valence-corrected chi connectivity index (χ2v) is 7.97. The van der Waals surface area contributed by atoms with Gasteiger partial charge in [0.15, 0.2) is 5.82 Å². The Bertz CT molecular complexity index is 1210. The van der Waals surface area contributed by atoms with Crippen LogP contribution in [0.3, 0.4) is 0 Å². The van der Waals surface area contributed by atoms with Crippen LogP contribution in [0.4, 0.5) is 0 Å². The molecular formula is C27H21BrN2. The average Bonchev–Trinajstić information content (AvgIpc) is 2.79. The first-order valence-electron chi connectivity index (χ1n) is 9.69. The first kappa shape index (κ1) is 20.0. The molecule has 4 rings (SSSR count). The molecule has 0 amide bonds. The van der Waals surface area contributed by atoms with Crippen molar-refractivity contribution in [3.8, 4) is 33.8 Å². The molecule has 2 nitrogen and oxygen atoms in total. The molecule has 3 heteroatoms. The van der Waals surface area contributed by atoms with E-state index in [0.717, 1.165) is 32.6 Å². The Hall–Kier alpha value is -3.30. The highest BCUT2D eigenvalue weighted by Crippen LogP contribution is 2.31. The number of nitrogens with zero attached hydrogens (tertiary/aromatic N) is 2. The molecule has 0 unspecified atom stereocenters. The zero-order valence-electron chi connectivity index (χ0n) is 16.8. The zero-order chi connectivity index (χ0) is 21.1. The van der Waals surface area contributed by atoms with Crippen molar-refractivity contribution in [3.63, 3.8) is 0 Å². The Morgan fingerprint density at radius 1 is 0.667 bits per heavy atom. The van der Waals surface area contributed by atoms with Gasteiger partial charge < -0.3 is 0 Å². The number of aromatic nitrogens is 2. The maximum Gasteiger partial charge on any atom is 0.160 e. The topological polar surface area (TPSA) is 25.8 Å². The summed E-state index contributed by atoms with van der Waals surface area (Å²) in [5, 5.41) is 0. The Kier molecular flexibility index (Phi) is 5.73. The van der Waals surface area contributed by atoms with Gasteiger partial charge in [-0.25, -0.2) is 9.97 Å². The lowest BCUT2D eigenvalue weighted by Crippen LogP contribution is -2.00. The van der Waals surface area contributed by atoms with Crippen molar-refractivity contribution in [2.24, 2.45) is 0 Å². The predicted octanol–water partition coefficient (Wildman–Crippen LogP) is 7.83. The van der Waals surface area contributed by atoms with Crippen LogP contribution in [-0.4, -0.2) is 9.97 Å². The summed E-state index contributed by atoms with van der Waals surface area (Å²) in [4.78, 5) is 9.60. The fourth-order valence-electron chi connectivity index (χ4n) is 3.36. The van der Waals surface area contributed by atoms with Crippen molar-refractivity contribution in [3.05, 3.63) is 107 Å². The minimum atomic E-state index is 0.667. The summed E-state index contributed by atoms with van der Waals surface area (Å²) in [6.45, 7) is 10.0. The Morgan fingerprint density at radius 2 is 1.20 bits per heavy atom. The quantitative estimate of drug-likeness (QED) is 0.308. The van der Waals surface area contributed by atoms with Gasteiger partial charge in [-0.2, -0.15) is 0 Å². The molecule has 146 valence electrons. The van der Waals surface area contributed by atoms with E-state index in [1.165, 1.54) is 16.7 Å². The van der Waals surface area contributed by atoms with Crippen LogP contribution in [-0.2, 0) is 0 Å². The van der Waals surface area contributed by atoms with Crippen LogP contribution in [0, 0.1) is 6.92 Å². The van der Waals surface area contributed by atoms with Crippen LogP contribution in [0.1, 0.15) is 16.8 Å². The molecule has 0 aliphatic heterocycles. The zero-order valence-corrected chi connectivity index (χ0v) is 18.4. The molecule has 0 atom stereocenters. The van der Waals surface area contributed by atoms with Gasteiger partial charge in [-0.1, -0.05) is 101 Å². The lowest BCUT2D eigenvalue weighted by molar-refractivity contribution is 1.15. The fourth-order valence-corrected chi connectivity index (χ4v) is 3.62.